The number of carbonyl (C=O) groups is 1. The smallest absolute Gasteiger partial charge is 0.264 e. The summed E-state index contributed by atoms with van der Waals surface area (Å²) in [5.74, 6) is 2.00. The van der Waals surface area contributed by atoms with Gasteiger partial charge < -0.3 is 14.7 Å². The normalized spacial score (nSPS) is 19.1. The first-order valence-electron chi connectivity index (χ1n) is 10.2. The van der Waals surface area contributed by atoms with Crippen molar-refractivity contribution in [2.45, 2.75) is 40.0 Å². The lowest BCUT2D eigenvalue weighted by molar-refractivity contribution is -0.902. The van der Waals surface area contributed by atoms with E-state index in [4.69, 9.17) is 4.98 Å². The van der Waals surface area contributed by atoms with Crippen molar-refractivity contribution in [3.8, 4) is 0 Å². The predicted molar refractivity (Wildman–Crippen MR) is 110 cm³/mol. The molecule has 27 heavy (non-hydrogen) atoms. The summed E-state index contributed by atoms with van der Waals surface area (Å²) >= 11 is 1.55. The van der Waals surface area contributed by atoms with Gasteiger partial charge in [0.25, 0.3) is 5.91 Å². The quantitative estimate of drug-likeness (QED) is 0.869. The summed E-state index contributed by atoms with van der Waals surface area (Å²) in [4.78, 5) is 30.5. The minimum atomic E-state index is 0.174. The van der Waals surface area contributed by atoms with Crippen molar-refractivity contribution in [1.82, 2.24) is 14.9 Å². The molecule has 2 aromatic rings. The summed E-state index contributed by atoms with van der Waals surface area (Å²) in [6.07, 6.45) is 3.72. The van der Waals surface area contributed by atoms with Gasteiger partial charge in [-0.05, 0) is 45.6 Å². The number of anilines is 1. The molecule has 2 saturated heterocycles. The Morgan fingerprint density at radius 2 is 1.78 bits per heavy atom. The van der Waals surface area contributed by atoms with Crippen LogP contribution in [0, 0.1) is 13.8 Å². The maximum absolute atomic E-state index is 13.2. The third kappa shape index (κ3) is 3.55. The van der Waals surface area contributed by atoms with Gasteiger partial charge >= 0.3 is 0 Å². The molecule has 1 N–H and O–H groups in total. The topological polar surface area (TPSA) is 53.8 Å². The molecule has 1 amide bonds. The van der Waals surface area contributed by atoms with Crippen molar-refractivity contribution in [2.75, 3.05) is 50.7 Å². The van der Waals surface area contributed by atoms with E-state index in [0.29, 0.717) is 0 Å². The second-order valence-electron chi connectivity index (χ2n) is 7.77. The van der Waals surface area contributed by atoms with Crippen LogP contribution in [0.3, 0.4) is 0 Å². The maximum atomic E-state index is 13.2. The Labute approximate surface area is 165 Å². The van der Waals surface area contributed by atoms with Crippen molar-refractivity contribution in [3.05, 3.63) is 16.3 Å². The number of thiophene rings is 1. The van der Waals surface area contributed by atoms with Gasteiger partial charge in [0.1, 0.15) is 16.5 Å². The highest BCUT2D eigenvalue weighted by molar-refractivity contribution is 7.20. The molecule has 4 rings (SSSR count). The molecule has 2 fully saturated rings. The molecule has 7 heteroatoms. The molecule has 0 saturated carbocycles. The molecule has 2 aliphatic heterocycles. The number of carbonyl (C=O) groups excluding carboxylic acids is 1. The van der Waals surface area contributed by atoms with Gasteiger partial charge in [0.15, 0.2) is 0 Å². The maximum Gasteiger partial charge on any atom is 0.264 e. The fourth-order valence-electron chi connectivity index (χ4n) is 4.28. The first-order chi connectivity index (χ1) is 13.1. The second kappa shape index (κ2) is 7.72. The van der Waals surface area contributed by atoms with Gasteiger partial charge in [0.2, 0.25) is 0 Å². The van der Waals surface area contributed by atoms with Crippen LogP contribution in [0.25, 0.3) is 10.2 Å². The van der Waals surface area contributed by atoms with Gasteiger partial charge in [-0.2, -0.15) is 0 Å². The number of aryl methyl sites for hydroxylation is 2. The van der Waals surface area contributed by atoms with Crippen LogP contribution in [0.1, 0.15) is 47.2 Å². The SMILES string of the molecule is CC[NH+]1CCN(C(=O)c2sc3nc(C)nc(N4CCCCC4)c3c2C)CC1. The average Bonchev–Trinajstić information content (AvgIpc) is 3.03. The van der Waals surface area contributed by atoms with Gasteiger partial charge in [-0.1, -0.05) is 0 Å². The fourth-order valence-corrected chi connectivity index (χ4v) is 5.47. The molecule has 0 aromatic carbocycles. The van der Waals surface area contributed by atoms with E-state index in [1.165, 1.54) is 19.3 Å². The largest absolute Gasteiger partial charge is 0.356 e. The molecule has 2 aromatic heterocycles. The highest BCUT2D eigenvalue weighted by atomic mass is 32.1. The Morgan fingerprint density at radius 1 is 1.07 bits per heavy atom. The van der Waals surface area contributed by atoms with Crippen LogP contribution in [0.15, 0.2) is 0 Å². The lowest BCUT2D eigenvalue weighted by atomic mass is 10.1. The summed E-state index contributed by atoms with van der Waals surface area (Å²) in [6, 6.07) is 0. The number of piperazine rings is 1. The molecule has 0 atom stereocenters. The molecule has 146 valence electrons. The van der Waals surface area contributed by atoms with E-state index < -0.39 is 0 Å². The third-order valence-electron chi connectivity index (χ3n) is 5.99. The zero-order chi connectivity index (χ0) is 19.0. The minimum Gasteiger partial charge on any atom is -0.356 e. The van der Waals surface area contributed by atoms with Gasteiger partial charge in [0.05, 0.1) is 43.0 Å². The lowest BCUT2D eigenvalue weighted by Crippen LogP contribution is -3.14. The minimum absolute atomic E-state index is 0.174. The first kappa shape index (κ1) is 18.6. The summed E-state index contributed by atoms with van der Waals surface area (Å²) in [5.41, 5.74) is 1.06. The second-order valence-corrected chi connectivity index (χ2v) is 8.77. The van der Waals surface area contributed by atoms with Gasteiger partial charge in [-0.3, -0.25) is 4.79 Å². The van der Waals surface area contributed by atoms with E-state index in [-0.39, 0.29) is 5.91 Å². The number of piperidine rings is 1. The third-order valence-corrected chi connectivity index (χ3v) is 7.16. The molecule has 0 radical (unpaired) electrons. The molecule has 0 unspecified atom stereocenters. The van der Waals surface area contributed by atoms with Crippen LogP contribution in [0.5, 0.6) is 0 Å². The van der Waals surface area contributed by atoms with Gasteiger partial charge in [0, 0.05) is 13.1 Å². The molecule has 6 nitrogen and oxygen atoms in total. The van der Waals surface area contributed by atoms with Crippen molar-refractivity contribution >= 4 is 33.3 Å². The zero-order valence-corrected chi connectivity index (χ0v) is 17.5. The van der Waals surface area contributed by atoms with Crippen molar-refractivity contribution in [2.24, 2.45) is 0 Å². The van der Waals surface area contributed by atoms with Crippen molar-refractivity contribution in [3.63, 3.8) is 0 Å². The first-order valence-corrected chi connectivity index (χ1v) is 11.1. The van der Waals surface area contributed by atoms with E-state index in [2.05, 4.69) is 23.7 Å². The van der Waals surface area contributed by atoms with Crippen LogP contribution in [-0.2, 0) is 0 Å². The van der Waals surface area contributed by atoms with Crippen LogP contribution < -0.4 is 9.80 Å². The molecule has 4 heterocycles. The number of quaternary nitrogens is 1. The predicted octanol–water partition coefficient (Wildman–Crippen LogP) is 1.66. The van der Waals surface area contributed by atoms with Crippen LogP contribution in [0.2, 0.25) is 0 Å². The Bertz CT molecular complexity index is 834. The van der Waals surface area contributed by atoms with E-state index in [0.717, 1.165) is 78.1 Å². The van der Waals surface area contributed by atoms with Crippen LogP contribution >= 0.6 is 11.3 Å². The Morgan fingerprint density at radius 3 is 2.44 bits per heavy atom. The summed E-state index contributed by atoms with van der Waals surface area (Å²) < 4.78 is 0. The standard InChI is InChI=1S/C20H29N5OS/c1-4-23-10-12-25(13-11-23)20(26)17-14(2)16-18(24-8-6-5-7-9-24)21-15(3)22-19(16)27-17/h4-13H2,1-3H3/p+1. The average molecular weight is 389 g/mol. The molecular formula is C20H30N5OS+. The number of nitrogens with zero attached hydrogens (tertiary/aromatic N) is 4. The Hall–Kier alpha value is -1.73. The van der Waals surface area contributed by atoms with E-state index in [1.807, 2.05) is 11.8 Å². The van der Waals surface area contributed by atoms with Gasteiger partial charge in [-0.25, -0.2) is 9.97 Å². The number of aromatic nitrogens is 2. The Kier molecular flexibility index (Phi) is 5.32. The molecule has 2 aliphatic rings. The van der Waals surface area contributed by atoms with Crippen molar-refractivity contribution < 1.29 is 9.69 Å². The van der Waals surface area contributed by atoms with Crippen molar-refractivity contribution in [1.29, 1.82) is 0 Å². The summed E-state index contributed by atoms with van der Waals surface area (Å²) in [5, 5.41) is 1.09. The molecule has 0 aliphatic carbocycles. The number of rotatable bonds is 3. The summed E-state index contributed by atoms with van der Waals surface area (Å²) in [6.45, 7) is 13.3. The molecule has 0 spiro atoms. The number of likely N-dealkylation sites (N-methyl/N-ethyl adjacent to an activating group) is 1. The Balaban J connectivity index is 1.68. The van der Waals surface area contributed by atoms with E-state index >= 15 is 0 Å². The van der Waals surface area contributed by atoms with Crippen LogP contribution in [-0.4, -0.2) is 66.6 Å². The fraction of sp³-hybridized carbons (Fsp3) is 0.650. The van der Waals surface area contributed by atoms with Crippen LogP contribution in [0.4, 0.5) is 5.82 Å². The monoisotopic (exact) mass is 388 g/mol. The number of fused-ring (bicyclic) bond motifs is 1. The van der Waals surface area contributed by atoms with E-state index in [1.54, 1.807) is 16.2 Å². The van der Waals surface area contributed by atoms with Gasteiger partial charge in [-0.15, -0.1) is 11.3 Å². The molecular weight excluding hydrogens is 358 g/mol. The summed E-state index contributed by atoms with van der Waals surface area (Å²) in [7, 11) is 0. The highest BCUT2D eigenvalue weighted by Gasteiger charge is 2.28. The number of amides is 1. The number of hydrogen-bond donors (Lipinski definition) is 1. The molecule has 0 bridgehead atoms. The lowest BCUT2D eigenvalue weighted by Gasteiger charge is -2.31. The van der Waals surface area contributed by atoms with E-state index in [9.17, 15) is 4.79 Å². The number of nitrogens with one attached hydrogen (secondary N) is 1. The zero-order valence-electron chi connectivity index (χ0n) is 16.7. The highest BCUT2D eigenvalue weighted by Crippen LogP contribution is 2.36. The number of hydrogen-bond acceptors (Lipinski definition) is 5.